The Hall–Kier alpha value is -1.20. The van der Waals surface area contributed by atoms with Gasteiger partial charge < -0.3 is 5.11 Å². The van der Waals surface area contributed by atoms with Crippen LogP contribution in [0.15, 0.2) is 11.1 Å². The van der Waals surface area contributed by atoms with Crippen LogP contribution in [0.4, 0.5) is 0 Å². The lowest BCUT2D eigenvalue weighted by atomic mass is 10.0. The molecule has 0 aromatic carbocycles. The first-order valence-electron chi connectivity index (χ1n) is 7.09. The molecule has 0 fully saturated rings. The Kier molecular flexibility index (Phi) is 4.60. The van der Waals surface area contributed by atoms with Crippen LogP contribution < -0.4 is 5.56 Å². The second kappa shape index (κ2) is 6.06. The maximum absolute atomic E-state index is 12.7. The third-order valence-electron chi connectivity index (χ3n) is 3.64. The van der Waals surface area contributed by atoms with Crippen molar-refractivity contribution in [1.29, 1.82) is 0 Å². The smallest absolute Gasteiger partial charge is 0.262 e. The largest absolute Gasteiger partial charge is 0.394 e. The number of aryl methyl sites for hydroxylation is 2. The normalized spacial score (nSPS) is 13.3. The lowest BCUT2D eigenvalue weighted by Gasteiger charge is -2.19. The van der Waals surface area contributed by atoms with Gasteiger partial charge in [0.2, 0.25) is 0 Å². The van der Waals surface area contributed by atoms with Gasteiger partial charge in [0.1, 0.15) is 4.83 Å². The van der Waals surface area contributed by atoms with E-state index < -0.39 is 0 Å². The minimum Gasteiger partial charge on any atom is -0.394 e. The first-order valence-corrected chi connectivity index (χ1v) is 7.91. The summed E-state index contributed by atoms with van der Waals surface area (Å²) >= 11 is 1.57. The summed E-state index contributed by atoms with van der Waals surface area (Å²) in [5.41, 5.74) is 1.08. The Labute approximate surface area is 123 Å². The van der Waals surface area contributed by atoms with Gasteiger partial charge in [-0.1, -0.05) is 20.8 Å². The molecule has 0 radical (unpaired) electrons. The van der Waals surface area contributed by atoms with Gasteiger partial charge in [-0.05, 0) is 31.2 Å². The molecule has 2 rings (SSSR count). The lowest BCUT2D eigenvalue weighted by molar-refractivity contribution is 0.205. The number of aromatic nitrogens is 2. The van der Waals surface area contributed by atoms with Crippen molar-refractivity contribution in [2.75, 3.05) is 6.61 Å². The summed E-state index contributed by atoms with van der Waals surface area (Å²) in [6, 6.07) is -0.190. The second-order valence-electron chi connectivity index (χ2n) is 5.59. The van der Waals surface area contributed by atoms with Gasteiger partial charge in [0, 0.05) is 4.88 Å². The standard InChI is InChI=1S/C15H22N2O2S/c1-5-12-10(4)20-14-13(12)15(19)17(8-16-14)11(7-18)6-9(2)3/h8-9,11,18H,5-7H2,1-4H3/t11-/m1/s1. The number of nitrogens with zero attached hydrogens (tertiary/aromatic N) is 2. The van der Waals surface area contributed by atoms with Crippen molar-refractivity contribution >= 4 is 21.6 Å². The predicted molar refractivity (Wildman–Crippen MR) is 83.6 cm³/mol. The Bertz CT molecular complexity index is 658. The van der Waals surface area contributed by atoms with Crippen molar-refractivity contribution in [3.63, 3.8) is 0 Å². The number of hydrogen-bond acceptors (Lipinski definition) is 4. The van der Waals surface area contributed by atoms with E-state index in [0.717, 1.165) is 33.5 Å². The van der Waals surface area contributed by atoms with Crippen LogP contribution in [0.1, 0.15) is 43.7 Å². The molecule has 0 aliphatic heterocycles. The Morgan fingerprint density at radius 2 is 2.15 bits per heavy atom. The van der Waals surface area contributed by atoms with Gasteiger partial charge >= 0.3 is 0 Å². The third-order valence-corrected chi connectivity index (χ3v) is 4.69. The zero-order valence-electron chi connectivity index (χ0n) is 12.5. The van der Waals surface area contributed by atoms with Crippen molar-refractivity contribution < 1.29 is 5.11 Å². The van der Waals surface area contributed by atoms with Crippen LogP contribution in [0.5, 0.6) is 0 Å². The fourth-order valence-electron chi connectivity index (χ4n) is 2.68. The second-order valence-corrected chi connectivity index (χ2v) is 6.80. The van der Waals surface area contributed by atoms with Gasteiger partial charge in [0.05, 0.1) is 24.4 Å². The molecule has 2 aromatic heterocycles. The highest BCUT2D eigenvalue weighted by molar-refractivity contribution is 7.18. The summed E-state index contributed by atoms with van der Waals surface area (Å²) in [5.74, 6) is 0.421. The molecule has 5 heteroatoms. The molecule has 0 aliphatic carbocycles. The minimum atomic E-state index is -0.190. The fraction of sp³-hybridized carbons (Fsp3) is 0.600. The van der Waals surface area contributed by atoms with Crippen LogP contribution in [0, 0.1) is 12.8 Å². The monoisotopic (exact) mass is 294 g/mol. The molecule has 2 heterocycles. The number of rotatable bonds is 5. The summed E-state index contributed by atoms with van der Waals surface area (Å²) in [5, 5.41) is 10.3. The van der Waals surface area contributed by atoms with Crippen LogP contribution in [-0.4, -0.2) is 21.3 Å². The van der Waals surface area contributed by atoms with Crippen molar-refractivity contribution in [1.82, 2.24) is 9.55 Å². The van der Waals surface area contributed by atoms with Crippen LogP contribution in [0.25, 0.3) is 10.2 Å². The zero-order valence-corrected chi connectivity index (χ0v) is 13.3. The van der Waals surface area contributed by atoms with Crippen LogP contribution in [0.2, 0.25) is 0 Å². The van der Waals surface area contributed by atoms with E-state index >= 15 is 0 Å². The van der Waals surface area contributed by atoms with E-state index in [0.29, 0.717) is 5.92 Å². The molecule has 0 spiro atoms. The number of hydrogen-bond donors (Lipinski definition) is 1. The van der Waals surface area contributed by atoms with E-state index in [9.17, 15) is 9.90 Å². The van der Waals surface area contributed by atoms with Crippen molar-refractivity contribution in [2.24, 2.45) is 5.92 Å². The van der Waals surface area contributed by atoms with Crippen LogP contribution in [-0.2, 0) is 6.42 Å². The first kappa shape index (κ1) is 15.2. The van der Waals surface area contributed by atoms with E-state index in [2.05, 4.69) is 25.8 Å². The SMILES string of the molecule is CCc1c(C)sc2ncn([C@@H](CO)CC(C)C)c(=O)c12. The van der Waals surface area contributed by atoms with Crippen LogP contribution >= 0.6 is 11.3 Å². The molecule has 110 valence electrons. The quantitative estimate of drug-likeness (QED) is 0.922. The van der Waals surface area contributed by atoms with E-state index in [1.807, 2.05) is 6.92 Å². The van der Waals surface area contributed by atoms with E-state index in [-0.39, 0.29) is 18.2 Å². The van der Waals surface area contributed by atoms with Gasteiger partial charge in [0.25, 0.3) is 5.56 Å². The highest BCUT2D eigenvalue weighted by Crippen LogP contribution is 2.27. The number of aliphatic hydroxyl groups is 1. The molecule has 4 nitrogen and oxygen atoms in total. The van der Waals surface area contributed by atoms with Gasteiger partial charge in [-0.3, -0.25) is 9.36 Å². The molecular weight excluding hydrogens is 272 g/mol. The molecular formula is C15H22N2O2S. The first-order chi connectivity index (χ1) is 9.49. The summed E-state index contributed by atoms with van der Waals surface area (Å²) in [4.78, 5) is 19.1. The number of fused-ring (bicyclic) bond motifs is 1. The van der Waals surface area contributed by atoms with Gasteiger partial charge in [0.15, 0.2) is 0 Å². The Morgan fingerprint density at radius 3 is 2.70 bits per heavy atom. The van der Waals surface area contributed by atoms with Crippen LogP contribution in [0.3, 0.4) is 0 Å². The van der Waals surface area contributed by atoms with E-state index in [1.165, 1.54) is 0 Å². The molecule has 2 aromatic rings. The molecule has 0 saturated carbocycles. The minimum absolute atomic E-state index is 0.0177. The zero-order chi connectivity index (χ0) is 14.9. The summed E-state index contributed by atoms with van der Waals surface area (Å²) in [7, 11) is 0. The fourth-order valence-corrected chi connectivity index (χ4v) is 3.75. The number of thiophene rings is 1. The maximum atomic E-state index is 12.7. The van der Waals surface area contributed by atoms with Gasteiger partial charge in [-0.25, -0.2) is 4.98 Å². The predicted octanol–water partition coefficient (Wildman–Crippen LogP) is 2.91. The van der Waals surface area contributed by atoms with Crippen molar-refractivity contribution in [2.45, 2.75) is 46.6 Å². The van der Waals surface area contributed by atoms with Gasteiger partial charge in [-0.2, -0.15) is 0 Å². The van der Waals surface area contributed by atoms with Crippen molar-refractivity contribution in [3.05, 3.63) is 27.1 Å². The number of aliphatic hydroxyl groups excluding tert-OH is 1. The highest BCUT2D eigenvalue weighted by Gasteiger charge is 2.18. The molecule has 0 unspecified atom stereocenters. The molecule has 0 bridgehead atoms. The average Bonchev–Trinajstić information content (AvgIpc) is 2.73. The topological polar surface area (TPSA) is 55.1 Å². The van der Waals surface area contributed by atoms with E-state index in [1.54, 1.807) is 22.2 Å². The molecule has 1 N–H and O–H groups in total. The summed E-state index contributed by atoms with van der Waals surface area (Å²) in [6.45, 7) is 8.24. The molecule has 0 aliphatic rings. The van der Waals surface area contributed by atoms with Gasteiger partial charge in [-0.15, -0.1) is 11.3 Å². The molecule has 0 amide bonds. The van der Waals surface area contributed by atoms with Crippen molar-refractivity contribution in [3.8, 4) is 0 Å². The summed E-state index contributed by atoms with van der Waals surface area (Å²) in [6.07, 6.45) is 3.19. The average molecular weight is 294 g/mol. The molecule has 20 heavy (non-hydrogen) atoms. The molecule has 0 saturated heterocycles. The highest BCUT2D eigenvalue weighted by atomic mass is 32.1. The summed E-state index contributed by atoms with van der Waals surface area (Å²) < 4.78 is 1.60. The lowest BCUT2D eigenvalue weighted by Crippen LogP contribution is -2.28. The Morgan fingerprint density at radius 1 is 1.45 bits per heavy atom. The Balaban J connectivity index is 2.61. The molecule has 1 atom stereocenters. The maximum Gasteiger partial charge on any atom is 0.262 e. The van der Waals surface area contributed by atoms with E-state index in [4.69, 9.17) is 0 Å². The third kappa shape index (κ3) is 2.65.